The summed E-state index contributed by atoms with van der Waals surface area (Å²) in [4.78, 5) is 75.4. The van der Waals surface area contributed by atoms with Crippen LogP contribution in [0.1, 0.15) is 76.6 Å². The summed E-state index contributed by atoms with van der Waals surface area (Å²) in [7, 11) is 2.49. The molecule has 0 radical (unpaired) electrons. The van der Waals surface area contributed by atoms with Gasteiger partial charge in [0, 0.05) is 48.5 Å². The van der Waals surface area contributed by atoms with Crippen LogP contribution < -0.4 is 36.0 Å². The highest BCUT2D eigenvalue weighted by atomic mass is 16.5. The Morgan fingerprint density at radius 2 is 1.20 bits per heavy atom. The lowest BCUT2D eigenvalue weighted by Gasteiger charge is -2.34. The van der Waals surface area contributed by atoms with Gasteiger partial charge in [0.25, 0.3) is 0 Å². The molecule has 0 saturated carbocycles. The first-order chi connectivity index (χ1) is 31.8. The summed E-state index contributed by atoms with van der Waals surface area (Å²) in [5.41, 5.74) is 6.86. The molecule has 3 aliphatic rings. The molecule has 16 nitrogen and oxygen atoms in total. The number of benzene rings is 3. The Kier molecular flexibility index (Phi) is 15.4. The average Bonchev–Trinajstić information content (AvgIpc) is 4.02. The molecule has 4 aromatic rings. The number of hydrogen-bond acceptors (Lipinski definition) is 12. The lowest BCUT2D eigenvalue weighted by atomic mass is 10.0. The topological polar surface area (TPSA) is 184 Å². The Hall–Kier alpha value is -6.68. The maximum absolute atomic E-state index is 13.6. The lowest BCUT2D eigenvalue weighted by Crippen LogP contribution is -2.54. The number of anilines is 4. The highest BCUT2D eigenvalue weighted by Gasteiger charge is 2.37. The molecule has 16 heteroatoms. The number of alkyl carbamates (subject to hydrolysis) is 2. The Morgan fingerprint density at radius 1 is 0.652 bits per heavy atom. The minimum atomic E-state index is -0.924. The van der Waals surface area contributed by atoms with Crippen LogP contribution in [-0.4, -0.2) is 100 Å². The van der Waals surface area contributed by atoms with Gasteiger partial charge in [-0.15, -0.1) is 0 Å². The average molecular weight is 903 g/mol. The van der Waals surface area contributed by atoms with Crippen molar-refractivity contribution < 1.29 is 38.2 Å². The molecule has 1 aromatic heterocycles. The number of nitrogens with zero attached hydrogens (tertiary/aromatic N) is 4. The van der Waals surface area contributed by atoms with Gasteiger partial charge in [-0.2, -0.15) is 0 Å². The smallest absolute Gasteiger partial charge is 0.407 e. The fourth-order valence-corrected chi connectivity index (χ4v) is 9.16. The van der Waals surface area contributed by atoms with E-state index in [1.807, 2.05) is 49.2 Å². The van der Waals surface area contributed by atoms with Crippen LogP contribution in [0, 0.1) is 11.8 Å². The molecule has 0 bridgehead atoms. The predicted molar refractivity (Wildman–Crippen MR) is 253 cm³/mol. The van der Waals surface area contributed by atoms with Gasteiger partial charge in [0.1, 0.15) is 23.9 Å². The number of imide groups is 1. The third kappa shape index (κ3) is 11.0. The predicted octanol–water partition coefficient (Wildman–Crippen LogP) is 6.98. The number of hydrogen-bond donors (Lipinski definition) is 4. The lowest BCUT2D eigenvalue weighted by molar-refractivity contribution is -0.132. The summed E-state index contributed by atoms with van der Waals surface area (Å²) in [5.74, 6) is -0.788. The zero-order valence-electron chi connectivity index (χ0n) is 38.6. The van der Waals surface area contributed by atoms with Crippen molar-refractivity contribution in [3.05, 3.63) is 102 Å². The van der Waals surface area contributed by atoms with Crippen molar-refractivity contribution in [3.8, 4) is 11.1 Å². The largest absolute Gasteiger partial charge is 0.453 e. The fourth-order valence-electron chi connectivity index (χ4n) is 9.16. The molecular formula is C50H62N8O8. The molecule has 3 saturated heterocycles. The number of morpholine rings is 1. The highest BCUT2D eigenvalue weighted by molar-refractivity contribution is 6.02. The van der Waals surface area contributed by atoms with E-state index in [0.29, 0.717) is 31.9 Å². The molecule has 0 unspecified atom stereocenters. The summed E-state index contributed by atoms with van der Waals surface area (Å²) in [6.45, 7) is 11.0. The first-order valence-electron chi connectivity index (χ1n) is 22.8. The number of carbonyl (C=O) groups excluding carboxylic acids is 5. The quantitative estimate of drug-likeness (QED) is 0.102. The molecule has 4 N–H and O–H groups in total. The van der Waals surface area contributed by atoms with Gasteiger partial charge in [-0.25, -0.2) is 14.6 Å². The molecule has 5 amide bonds. The van der Waals surface area contributed by atoms with Gasteiger partial charge < -0.3 is 44.9 Å². The van der Waals surface area contributed by atoms with E-state index in [9.17, 15) is 24.0 Å². The Labute approximate surface area is 386 Å². The van der Waals surface area contributed by atoms with Crippen LogP contribution in [0.2, 0.25) is 0 Å². The second kappa shape index (κ2) is 21.5. The van der Waals surface area contributed by atoms with Crippen molar-refractivity contribution >= 4 is 52.8 Å². The van der Waals surface area contributed by atoms with E-state index in [-0.39, 0.29) is 29.8 Å². The monoisotopic (exact) mass is 902 g/mol. The third-order valence-electron chi connectivity index (χ3n) is 12.8. The summed E-state index contributed by atoms with van der Waals surface area (Å²) in [5, 5.41) is 10.7. The van der Waals surface area contributed by atoms with E-state index in [1.54, 1.807) is 13.8 Å². The SMILES string of the molecule is COC(=O)N[C@H](C(=O)NC(=O)[C@@H]1CCCN1c1ccc([C@H]2CC[C@H](c3ccc(NC(=O)[C@@H](NC(=O)OC)C(C)C)cc3)N2c2ccc(-c3ccc(N4CCOCC4)nc3)cc2)cc1)C(C)C. The molecule has 5 atom stereocenters. The summed E-state index contributed by atoms with van der Waals surface area (Å²) >= 11 is 0. The van der Waals surface area contributed by atoms with Crippen LogP contribution >= 0.6 is 0 Å². The maximum Gasteiger partial charge on any atom is 0.407 e. The molecule has 7 rings (SSSR count). The van der Waals surface area contributed by atoms with Gasteiger partial charge in [-0.1, -0.05) is 64.1 Å². The number of aromatic nitrogens is 1. The Morgan fingerprint density at radius 3 is 1.74 bits per heavy atom. The molecule has 350 valence electrons. The summed E-state index contributed by atoms with van der Waals surface area (Å²) < 4.78 is 14.9. The first-order valence-corrected chi connectivity index (χ1v) is 22.8. The zero-order valence-corrected chi connectivity index (χ0v) is 38.6. The van der Waals surface area contributed by atoms with E-state index in [2.05, 4.69) is 91.7 Å². The van der Waals surface area contributed by atoms with Crippen molar-refractivity contribution in [1.29, 1.82) is 0 Å². The van der Waals surface area contributed by atoms with Gasteiger partial charge >= 0.3 is 12.2 Å². The number of ether oxygens (including phenoxy) is 3. The number of pyridine rings is 1. The molecule has 0 aliphatic carbocycles. The van der Waals surface area contributed by atoms with Crippen molar-refractivity contribution in [2.24, 2.45) is 11.8 Å². The Balaban J connectivity index is 1.11. The Bertz CT molecular complexity index is 2300. The summed E-state index contributed by atoms with van der Waals surface area (Å²) in [6.07, 6.45) is 3.64. The normalized spacial score (nSPS) is 19.3. The van der Waals surface area contributed by atoms with Crippen molar-refractivity contribution in [1.82, 2.24) is 20.9 Å². The molecule has 3 aromatic carbocycles. The van der Waals surface area contributed by atoms with Crippen LogP contribution in [0.25, 0.3) is 11.1 Å². The minimum absolute atomic E-state index is 0.0108. The first kappa shape index (κ1) is 47.3. The molecule has 0 spiro atoms. The van der Waals surface area contributed by atoms with Crippen LogP contribution in [-0.2, 0) is 28.6 Å². The second-order valence-electron chi connectivity index (χ2n) is 17.7. The van der Waals surface area contributed by atoms with Crippen LogP contribution in [0.3, 0.4) is 0 Å². The molecular weight excluding hydrogens is 841 g/mol. The fraction of sp³-hybridized carbons (Fsp3) is 0.440. The van der Waals surface area contributed by atoms with E-state index in [0.717, 1.165) is 71.8 Å². The van der Waals surface area contributed by atoms with Gasteiger partial charge in [0.05, 0.1) is 39.5 Å². The van der Waals surface area contributed by atoms with Crippen LogP contribution in [0.5, 0.6) is 0 Å². The molecule has 66 heavy (non-hydrogen) atoms. The highest BCUT2D eigenvalue weighted by Crippen LogP contribution is 2.47. The second-order valence-corrected chi connectivity index (χ2v) is 17.7. The number of carbonyl (C=O) groups is 5. The van der Waals surface area contributed by atoms with Gasteiger partial charge in [-0.3, -0.25) is 19.7 Å². The standard InChI is InChI=1S/C50H62N8O8/c1-31(2)44(53-49(62)64-5)47(60)52-37-16-9-34(10-17-37)40-22-23-41(58(40)39-20-11-33(12-21-39)36-15-24-43(51-30-36)56-26-28-66-29-27-56)35-13-18-38(19-14-35)57-25-7-8-42(57)46(59)55-48(61)45(32(3)4)54-50(63)65-6/h9-21,24,30-32,40-42,44-45H,7-8,22-23,25-29H2,1-6H3,(H,52,60)(H,53,62)(H,54,63)(H,55,59,61)/t40-,41-,42+,44+,45+/m1/s1. The number of amides is 5. The van der Waals surface area contributed by atoms with Crippen LogP contribution in [0.4, 0.5) is 32.5 Å². The maximum atomic E-state index is 13.6. The van der Waals surface area contributed by atoms with E-state index < -0.39 is 42.1 Å². The van der Waals surface area contributed by atoms with Gasteiger partial charge in [-0.05, 0) is 103 Å². The van der Waals surface area contributed by atoms with Gasteiger partial charge in [0.2, 0.25) is 17.7 Å². The third-order valence-corrected chi connectivity index (χ3v) is 12.8. The van der Waals surface area contributed by atoms with Crippen LogP contribution in [0.15, 0.2) is 91.1 Å². The van der Waals surface area contributed by atoms with E-state index in [1.165, 1.54) is 14.2 Å². The van der Waals surface area contributed by atoms with Gasteiger partial charge in [0.15, 0.2) is 0 Å². The van der Waals surface area contributed by atoms with E-state index in [4.69, 9.17) is 19.2 Å². The molecule has 3 aliphatic heterocycles. The van der Waals surface area contributed by atoms with Crippen molar-refractivity contribution in [2.45, 2.75) is 83.6 Å². The number of rotatable bonds is 14. The minimum Gasteiger partial charge on any atom is -0.453 e. The van der Waals surface area contributed by atoms with Crippen molar-refractivity contribution in [2.75, 3.05) is 67.1 Å². The number of methoxy groups -OCH3 is 2. The molecule has 3 fully saturated rings. The summed E-state index contributed by atoms with van der Waals surface area (Å²) in [6, 6.07) is 26.8. The molecule has 4 heterocycles. The van der Waals surface area contributed by atoms with Crippen molar-refractivity contribution in [3.63, 3.8) is 0 Å². The zero-order chi connectivity index (χ0) is 46.9. The number of nitrogens with one attached hydrogen (secondary N) is 4. The van der Waals surface area contributed by atoms with E-state index >= 15 is 0 Å².